The summed E-state index contributed by atoms with van der Waals surface area (Å²) in [7, 11) is 1.57. The van der Waals surface area contributed by atoms with Crippen molar-refractivity contribution in [2.45, 2.75) is 20.3 Å². The van der Waals surface area contributed by atoms with Gasteiger partial charge in [-0.25, -0.2) is 0 Å². The first kappa shape index (κ1) is 21.4. The molecule has 0 aliphatic carbocycles. The van der Waals surface area contributed by atoms with Crippen LogP contribution in [-0.4, -0.2) is 44.5 Å². The summed E-state index contributed by atoms with van der Waals surface area (Å²) in [5, 5.41) is 5.58. The van der Waals surface area contributed by atoms with Gasteiger partial charge in [-0.05, 0) is 55.3 Å². The van der Waals surface area contributed by atoms with Gasteiger partial charge in [-0.15, -0.1) is 0 Å². The normalized spacial score (nSPS) is 15.8. The van der Waals surface area contributed by atoms with Crippen molar-refractivity contribution < 1.29 is 19.1 Å². The van der Waals surface area contributed by atoms with Crippen molar-refractivity contribution in [2.75, 3.05) is 31.6 Å². The lowest BCUT2D eigenvalue weighted by atomic mass is 10.1. The van der Waals surface area contributed by atoms with Gasteiger partial charge in [0.05, 0.1) is 13.0 Å². The van der Waals surface area contributed by atoms with Gasteiger partial charge in [-0.1, -0.05) is 12.1 Å². The molecular weight excluding hydrogens is 382 g/mol. The lowest BCUT2D eigenvalue weighted by molar-refractivity contribution is -0.126. The largest absolute Gasteiger partial charge is 0.497 e. The van der Waals surface area contributed by atoms with Crippen LogP contribution in [0, 0.1) is 19.8 Å². The zero-order valence-corrected chi connectivity index (χ0v) is 17.5. The third kappa shape index (κ3) is 4.79. The van der Waals surface area contributed by atoms with Crippen molar-refractivity contribution in [1.29, 1.82) is 0 Å². The average molecular weight is 409 g/mol. The fraction of sp³-hybridized carbons (Fsp3) is 0.348. The molecule has 1 aliphatic rings. The van der Waals surface area contributed by atoms with Crippen LogP contribution in [0.25, 0.3) is 0 Å². The molecule has 2 N–H and O–H groups in total. The summed E-state index contributed by atoms with van der Waals surface area (Å²) in [5.41, 5.74) is 3.55. The molecule has 1 unspecified atom stereocenters. The van der Waals surface area contributed by atoms with E-state index in [1.54, 1.807) is 36.3 Å². The Hall–Kier alpha value is -3.35. The lowest BCUT2D eigenvalue weighted by Crippen LogP contribution is -2.38. The summed E-state index contributed by atoms with van der Waals surface area (Å²) in [6, 6.07) is 12.6. The third-order valence-corrected chi connectivity index (χ3v) is 5.42. The predicted octanol–water partition coefficient (Wildman–Crippen LogP) is 2.21. The highest BCUT2D eigenvalue weighted by atomic mass is 16.5. The van der Waals surface area contributed by atoms with E-state index in [1.807, 2.05) is 32.0 Å². The van der Waals surface area contributed by atoms with E-state index >= 15 is 0 Å². The number of carbonyl (C=O) groups is 3. The fourth-order valence-electron chi connectivity index (χ4n) is 3.49. The quantitative estimate of drug-likeness (QED) is 0.687. The van der Waals surface area contributed by atoms with Crippen LogP contribution >= 0.6 is 0 Å². The molecule has 1 heterocycles. The van der Waals surface area contributed by atoms with Gasteiger partial charge in [-0.2, -0.15) is 0 Å². The molecule has 158 valence electrons. The van der Waals surface area contributed by atoms with Gasteiger partial charge < -0.3 is 20.3 Å². The summed E-state index contributed by atoms with van der Waals surface area (Å²) in [6.07, 6.45) is 0.192. The van der Waals surface area contributed by atoms with E-state index in [0.29, 0.717) is 30.9 Å². The van der Waals surface area contributed by atoms with Crippen LogP contribution in [0.3, 0.4) is 0 Å². The van der Waals surface area contributed by atoms with E-state index in [9.17, 15) is 14.4 Å². The van der Waals surface area contributed by atoms with Gasteiger partial charge in [-0.3, -0.25) is 14.4 Å². The molecule has 0 bridgehead atoms. The second-order valence-corrected chi connectivity index (χ2v) is 7.40. The predicted molar refractivity (Wildman–Crippen MR) is 115 cm³/mol. The summed E-state index contributed by atoms with van der Waals surface area (Å²) in [4.78, 5) is 38.8. The number of carbonyl (C=O) groups excluding carboxylic acids is 3. The molecule has 1 fully saturated rings. The minimum Gasteiger partial charge on any atom is -0.497 e. The number of nitrogens with zero attached hydrogens (tertiary/aromatic N) is 1. The van der Waals surface area contributed by atoms with Crippen LogP contribution in [-0.2, 0) is 9.59 Å². The number of hydrogen-bond acceptors (Lipinski definition) is 4. The molecule has 2 aromatic rings. The number of aryl methyl sites for hydroxylation is 1. The molecule has 3 amide bonds. The fourth-order valence-corrected chi connectivity index (χ4v) is 3.49. The Morgan fingerprint density at radius 3 is 2.47 bits per heavy atom. The van der Waals surface area contributed by atoms with Crippen molar-refractivity contribution in [2.24, 2.45) is 5.92 Å². The highest BCUT2D eigenvalue weighted by molar-refractivity contribution is 6.01. The number of nitrogens with one attached hydrogen (secondary N) is 2. The van der Waals surface area contributed by atoms with Crippen LogP contribution in [0.1, 0.15) is 27.9 Å². The number of rotatable bonds is 7. The monoisotopic (exact) mass is 409 g/mol. The van der Waals surface area contributed by atoms with Crippen molar-refractivity contribution in [3.8, 4) is 5.75 Å². The average Bonchev–Trinajstić information content (AvgIpc) is 3.14. The molecule has 7 heteroatoms. The molecule has 2 aromatic carbocycles. The minimum absolute atomic E-state index is 0.0448. The second kappa shape index (κ2) is 9.43. The highest BCUT2D eigenvalue weighted by Gasteiger charge is 2.35. The molecule has 7 nitrogen and oxygen atoms in total. The summed E-state index contributed by atoms with van der Waals surface area (Å²) in [5.74, 6) is -0.148. The Morgan fingerprint density at radius 2 is 1.77 bits per heavy atom. The molecule has 0 aromatic heterocycles. The van der Waals surface area contributed by atoms with Crippen molar-refractivity contribution in [1.82, 2.24) is 10.6 Å². The number of amides is 3. The number of anilines is 1. The summed E-state index contributed by atoms with van der Waals surface area (Å²) < 4.78 is 5.07. The number of methoxy groups -OCH3 is 1. The van der Waals surface area contributed by atoms with Gasteiger partial charge in [0, 0.05) is 37.3 Å². The molecular formula is C23H27N3O4. The molecule has 1 aliphatic heterocycles. The Kier molecular flexibility index (Phi) is 6.72. The van der Waals surface area contributed by atoms with Crippen molar-refractivity contribution >= 4 is 23.4 Å². The van der Waals surface area contributed by atoms with Gasteiger partial charge >= 0.3 is 0 Å². The van der Waals surface area contributed by atoms with Crippen LogP contribution in [0.15, 0.2) is 42.5 Å². The third-order valence-electron chi connectivity index (χ3n) is 5.42. The molecule has 0 radical (unpaired) electrons. The number of hydrogen-bond donors (Lipinski definition) is 2. The minimum atomic E-state index is -0.394. The van der Waals surface area contributed by atoms with E-state index in [4.69, 9.17) is 4.74 Å². The molecule has 1 saturated heterocycles. The molecule has 30 heavy (non-hydrogen) atoms. The summed E-state index contributed by atoms with van der Waals surface area (Å²) in [6.45, 7) is 4.96. The van der Waals surface area contributed by atoms with Gasteiger partial charge in [0.2, 0.25) is 11.8 Å². The van der Waals surface area contributed by atoms with Gasteiger partial charge in [0.25, 0.3) is 5.91 Å². The van der Waals surface area contributed by atoms with Crippen LogP contribution in [0.5, 0.6) is 5.75 Å². The van der Waals surface area contributed by atoms with E-state index < -0.39 is 5.92 Å². The Morgan fingerprint density at radius 1 is 1.07 bits per heavy atom. The first-order valence-electron chi connectivity index (χ1n) is 9.97. The van der Waals surface area contributed by atoms with Gasteiger partial charge in [0.15, 0.2) is 0 Å². The highest BCUT2D eigenvalue weighted by Crippen LogP contribution is 2.29. The smallest absolute Gasteiger partial charge is 0.251 e. The van der Waals surface area contributed by atoms with Crippen molar-refractivity contribution in [3.63, 3.8) is 0 Å². The first-order chi connectivity index (χ1) is 14.4. The zero-order valence-electron chi connectivity index (χ0n) is 17.5. The van der Waals surface area contributed by atoms with Crippen molar-refractivity contribution in [3.05, 3.63) is 59.2 Å². The lowest BCUT2D eigenvalue weighted by Gasteiger charge is -2.20. The van der Waals surface area contributed by atoms with E-state index in [1.165, 1.54) is 0 Å². The van der Waals surface area contributed by atoms with Crippen LogP contribution in [0.4, 0.5) is 5.69 Å². The Labute approximate surface area is 176 Å². The first-order valence-corrected chi connectivity index (χ1v) is 9.97. The maximum Gasteiger partial charge on any atom is 0.251 e. The SMILES string of the molecule is COc1ccc(C(=O)NCCNC(=O)C2CC(=O)N(c3cccc(C)c3C)C2)cc1. The van der Waals surface area contributed by atoms with Crippen LogP contribution in [0.2, 0.25) is 0 Å². The van der Waals surface area contributed by atoms with E-state index in [0.717, 1.165) is 16.8 Å². The van der Waals surface area contributed by atoms with Crippen LogP contribution < -0.4 is 20.3 Å². The molecule has 0 spiro atoms. The zero-order chi connectivity index (χ0) is 21.7. The molecule has 3 rings (SSSR count). The summed E-state index contributed by atoms with van der Waals surface area (Å²) >= 11 is 0. The second-order valence-electron chi connectivity index (χ2n) is 7.40. The molecule has 0 saturated carbocycles. The van der Waals surface area contributed by atoms with E-state index in [2.05, 4.69) is 10.6 Å². The maximum absolute atomic E-state index is 12.5. The van der Waals surface area contributed by atoms with E-state index in [-0.39, 0.29) is 24.1 Å². The maximum atomic E-state index is 12.5. The van der Waals surface area contributed by atoms with Gasteiger partial charge in [0.1, 0.15) is 5.75 Å². The number of benzene rings is 2. The topological polar surface area (TPSA) is 87.7 Å². The number of ether oxygens (including phenoxy) is 1. The Bertz CT molecular complexity index is 940. The molecule has 1 atom stereocenters. The standard InChI is InChI=1S/C23H27N3O4/c1-15-5-4-6-20(16(15)2)26-14-18(13-21(26)27)23(29)25-12-11-24-22(28)17-7-9-19(30-3)10-8-17/h4-10,18H,11-14H2,1-3H3,(H,24,28)(H,25,29). The Balaban J connectivity index is 1.46.